The minimum absolute atomic E-state index is 0.661. The molecular weight excluding hydrogens is 300 g/mol. The predicted molar refractivity (Wildman–Crippen MR) is 72.0 cm³/mol. The summed E-state index contributed by atoms with van der Waals surface area (Å²) in [5, 5.41) is 4.92. The molecule has 6 heteroatoms. The van der Waals surface area contributed by atoms with Crippen molar-refractivity contribution in [3.05, 3.63) is 34.6 Å². The molecule has 0 aliphatic carbocycles. The quantitative estimate of drug-likeness (QED) is 0.940. The Balaban J connectivity index is 2.18. The summed E-state index contributed by atoms with van der Waals surface area (Å²) in [4.78, 5) is 5.31. The van der Waals surface area contributed by atoms with Gasteiger partial charge in [0.05, 0.1) is 0 Å². The second-order valence-corrected chi connectivity index (χ2v) is 5.46. The summed E-state index contributed by atoms with van der Waals surface area (Å²) in [6, 6.07) is 6.26. The van der Waals surface area contributed by atoms with Gasteiger partial charge in [0.15, 0.2) is 5.16 Å². The summed E-state index contributed by atoms with van der Waals surface area (Å²) in [7, 11) is 1.88. The van der Waals surface area contributed by atoms with Crippen LogP contribution in [-0.2, 0) is 13.5 Å². The van der Waals surface area contributed by atoms with Gasteiger partial charge in [-0.2, -0.15) is 5.10 Å². The van der Waals surface area contributed by atoms with Crippen LogP contribution in [-0.4, -0.2) is 21.3 Å². The van der Waals surface area contributed by atoms with Crippen molar-refractivity contribution < 1.29 is 0 Å². The lowest BCUT2D eigenvalue weighted by Crippen LogP contribution is -2.03. The van der Waals surface area contributed by atoms with E-state index in [1.807, 2.05) is 7.05 Å². The lowest BCUT2D eigenvalue weighted by molar-refractivity contribution is 0.685. The fraction of sp³-hybridized carbons (Fsp3) is 0.273. The van der Waals surface area contributed by atoms with Crippen molar-refractivity contribution in [3.8, 4) is 0 Å². The van der Waals surface area contributed by atoms with E-state index in [1.165, 1.54) is 5.56 Å². The van der Waals surface area contributed by atoms with E-state index >= 15 is 0 Å². The van der Waals surface area contributed by atoms with Crippen LogP contribution < -0.4 is 5.73 Å². The molecule has 0 amide bonds. The minimum atomic E-state index is 0.661. The third kappa shape index (κ3) is 3.08. The van der Waals surface area contributed by atoms with Crippen LogP contribution in [0.2, 0.25) is 0 Å². The lowest BCUT2D eigenvalue weighted by atomic mass is 10.1. The molecular formula is C11H13BrN4S. The van der Waals surface area contributed by atoms with E-state index in [2.05, 4.69) is 44.2 Å². The minimum Gasteiger partial charge on any atom is -0.330 e. The first-order valence-corrected chi connectivity index (χ1v) is 6.82. The molecule has 0 aliphatic rings. The predicted octanol–water partition coefficient (Wildman–Crippen LogP) is 2.23. The molecule has 0 saturated carbocycles. The lowest BCUT2D eigenvalue weighted by Gasteiger charge is -2.05. The van der Waals surface area contributed by atoms with E-state index in [0.717, 1.165) is 20.9 Å². The molecule has 2 N–H and O–H groups in total. The number of aryl methyl sites for hydroxylation is 1. The van der Waals surface area contributed by atoms with Crippen molar-refractivity contribution in [1.29, 1.82) is 0 Å². The molecule has 0 unspecified atom stereocenters. The Morgan fingerprint density at radius 1 is 1.47 bits per heavy atom. The molecule has 2 aromatic rings. The highest BCUT2D eigenvalue weighted by molar-refractivity contribution is 9.10. The van der Waals surface area contributed by atoms with Gasteiger partial charge in [0.25, 0.3) is 0 Å². The van der Waals surface area contributed by atoms with Crippen LogP contribution in [0.15, 0.2) is 39.1 Å². The molecule has 2 rings (SSSR count). The molecule has 90 valence electrons. The maximum absolute atomic E-state index is 5.55. The summed E-state index contributed by atoms with van der Waals surface area (Å²) in [6.07, 6.45) is 2.44. The standard InChI is InChI=1S/C11H13BrN4S/c1-16-11(14-7-15-16)17-9-3-2-8(4-5-13)10(12)6-9/h2-3,6-7H,4-5,13H2,1H3. The Bertz CT molecular complexity index is 512. The average Bonchev–Trinajstić information content (AvgIpc) is 2.69. The molecule has 0 spiro atoms. The van der Waals surface area contributed by atoms with E-state index < -0.39 is 0 Å². The summed E-state index contributed by atoms with van der Waals surface area (Å²) in [5.41, 5.74) is 6.78. The Morgan fingerprint density at radius 2 is 2.29 bits per heavy atom. The summed E-state index contributed by atoms with van der Waals surface area (Å²) in [6.45, 7) is 0.661. The normalized spacial score (nSPS) is 10.8. The van der Waals surface area contributed by atoms with Crippen molar-refractivity contribution >= 4 is 27.7 Å². The fourth-order valence-electron chi connectivity index (χ4n) is 1.43. The van der Waals surface area contributed by atoms with E-state index in [1.54, 1.807) is 22.8 Å². The van der Waals surface area contributed by atoms with Gasteiger partial charge in [0.1, 0.15) is 6.33 Å². The number of rotatable bonds is 4. The van der Waals surface area contributed by atoms with Gasteiger partial charge >= 0.3 is 0 Å². The zero-order valence-corrected chi connectivity index (χ0v) is 11.8. The van der Waals surface area contributed by atoms with E-state index in [9.17, 15) is 0 Å². The number of benzene rings is 1. The summed E-state index contributed by atoms with van der Waals surface area (Å²) in [5.74, 6) is 0. The first-order chi connectivity index (χ1) is 8.20. The molecule has 1 heterocycles. The molecule has 4 nitrogen and oxygen atoms in total. The molecule has 0 bridgehead atoms. The summed E-state index contributed by atoms with van der Waals surface area (Å²) >= 11 is 5.15. The second kappa shape index (κ2) is 5.66. The molecule has 17 heavy (non-hydrogen) atoms. The van der Waals surface area contributed by atoms with Crippen molar-refractivity contribution in [3.63, 3.8) is 0 Å². The Labute approximate surface area is 113 Å². The third-order valence-corrected chi connectivity index (χ3v) is 4.10. The largest absolute Gasteiger partial charge is 0.330 e. The van der Waals surface area contributed by atoms with Gasteiger partial charge in [-0.15, -0.1) is 0 Å². The van der Waals surface area contributed by atoms with Crippen LogP contribution >= 0.6 is 27.7 Å². The van der Waals surface area contributed by atoms with Gasteiger partial charge in [0, 0.05) is 16.4 Å². The number of hydrogen-bond acceptors (Lipinski definition) is 4. The Kier molecular flexibility index (Phi) is 4.20. The maximum Gasteiger partial charge on any atom is 0.190 e. The van der Waals surface area contributed by atoms with Gasteiger partial charge in [0.2, 0.25) is 0 Å². The third-order valence-electron chi connectivity index (χ3n) is 2.32. The Morgan fingerprint density at radius 3 is 2.88 bits per heavy atom. The van der Waals surface area contributed by atoms with Crippen LogP contribution in [0, 0.1) is 0 Å². The molecule has 1 aromatic carbocycles. The van der Waals surface area contributed by atoms with Crippen molar-refractivity contribution in [2.75, 3.05) is 6.54 Å². The van der Waals surface area contributed by atoms with Gasteiger partial charge < -0.3 is 5.73 Å². The highest BCUT2D eigenvalue weighted by Crippen LogP contribution is 2.29. The molecule has 0 atom stereocenters. The smallest absolute Gasteiger partial charge is 0.190 e. The molecule has 0 aliphatic heterocycles. The average molecular weight is 313 g/mol. The van der Waals surface area contributed by atoms with Crippen LogP contribution in [0.4, 0.5) is 0 Å². The Hall–Kier alpha value is -0.850. The van der Waals surface area contributed by atoms with Gasteiger partial charge in [-0.05, 0) is 30.7 Å². The number of aromatic nitrogens is 3. The van der Waals surface area contributed by atoms with Crippen LogP contribution in [0.25, 0.3) is 0 Å². The van der Waals surface area contributed by atoms with Crippen LogP contribution in [0.5, 0.6) is 0 Å². The van der Waals surface area contributed by atoms with Crippen molar-refractivity contribution in [2.24, 2.45) is 12.8 Å². The number of halogens is 1. The first-order valence-electron chi connectivity index (χ1n) is 5.21. The molecule has 0 fully saturated rings. The molecule has 0 saturated heterocycles. The number of nitrogens with two attached hydrogens (primary N) is 1. The zero-order valence-electron chi connectivity index (χ0n) is 9.43. The number of hydrogen-bond donors (Lipinski definition) is 1. The molecule has 1 aromatic heterocycles. The van der Waals surface area contributed by atoms with Gasteiger partial charge in [-0.1, -0.05) is 33.8 Å². The topological polar surface area (TPSA) is 56.7 Å². The first kappa shape index (κ1) is 12.6. The van der Waals surface area contributed by atoms with E-state index in [4.69, 9.17) is 5.73 Å². The monoisotopic (exact) mass is 312 g/mol. The summed E-state index contributed by atoms with van der Waals surface area (Å²) < 4.78 is 2.85. The SMILES string of the molecule is Cn1ncnc1Sc1ccc(CCN)c(Br)c1. The highest BCUT2D eigenvalue weighted by Gasteiger charge is 2.06. The molecule has 0 radical (unpaired) electrons. The van der Waals surface area contributed by atoms with Crippen molar-refractivity contribution in [2.45, 2.75) is 16.5 Å². The number of nitrogens with zero attached hydrogens (tertiary/aromatic N) is 3. The van der Waals surface area contributed by atoms with E-state index in [0.29, 0.717) is 6.54 Å². The van der Waals surface area contributed by atoms with E-state index in [-0.39, 0.29) is 0 Å². The fourth-order valence-corrected chi connectivity index (χ4v) is 2.96. The van der Waals surface area contributed by atoms with Crippen molar-refractivity contribution in [1.82, 2.24) is 14.8 Å². The zero-order chi connectivity index (χ0) is 12.3. The van der Waals surface area contributed by atoms with Gasteiger partial charge in [-0.3, -0.25) is 0 Å². The maximum atomic E-state index is 5.55. The second-order valence-electron chi connectivity index (χ2n) is 3.56. The highest BCUT2D eigenvalue weighted by atomic mass is 79.9. The van der Waals surface area contributed by atoms with Crippen LogP contribution in [0.1, 0.15) is 5.56 Å². The van der Waals surface area contributed by atoms with Gasteiger partial charge in [-0.25, -0.2) is 9.67 Å². The van der Waals surface area contributed by atoms with Crippen LogP contribution in [0.3, 0.4) is 0 Å².